The average Bonchev–Trinajstić information content (AvgIpc) is 2.99. The maximum Gasteiger partial charge on any atom is 0.251 e. The molecule has 0 saturated carbocycles. The topological polar surface area (TPSA) is 83.3 Å². The summed E-state index contributed by atoms with van der Waals surface area (Å²) in [5.74, 6) is 0.580. The van der Waals surface area contributed by atoms with Crippen LogP contribution in [0.15, 0.2) is 46.0 Å². The Balaban J connectivity index is 0.00000312. The van der Waals surface area contributed by atoms with Crippen molar-refractivity contribution in [3.63, 3.8) is 0 Å². The van der Waals surface area contributed by atoms with Crippen LogP contribution in [0.25, 0.3) is 0 Å². The van der Waals surface area contributed by atoms with Gasteiger partial charge in [0.1, 0.15) is 0 Å². The van der Waals surface area contributed by atoms with Crippen molar-refractivity contribution in [2.24, 2.45) is 12.0 Å². The van der Waals surface area contributed by atoms with Gasteiger partial charge in [0, 0.05) is 43.4 Å². The maximum atomic E-state index is 12.0. The van der Waals surface area contributed by atoms with Crippen molar-refractivity contribution in [3.05, 3.63) is 52.3 Å². The van der Waals surface area contributed by atoms with Crippen LogP contribution in [0.3, 0.4) is 0 Å². The van der Waals surface area contributed by atoms with E-state index in [0.717, 1.165) is 10.2 Å². The smallest absolute Gasteiger partial charge is 0.251 e. The number of carbonyl (C=O) groups excluding carboxylic acids is 1. The van der Waals surface area contributed by atoms with Gasteiger partial charge in [0.25, 0.3) is 5.91 Å². The first-order valence-corrected chi connectivity index (χ1v) is 8.34. The Labute approximate surface area is 172 Å². The fourth-order valence-corrected chi connectivity index (χ4v) is 2.29. The Morgan fingerprint density at radius 3 is 2.44 bits per heavy atom. The summed E-state index contributed by atoms with van der Waals surface area (Å²) >= 11 is 3.35. The molecule has 3 N–H and O–H groups in total. The first kappa shape index (κ1) is 21.4. The number of benzene rings is 1. The lowest BCUT2D eigenvalue weighted by Crippen LogP contribution is -2.41. The summed E-state index contributed by atoms with van der Waals surface area (Å²) < 4.78 is 2.75. The lowest BCUT2D eigenvalue weighted by molar-refractivity contribution is 0.0954. The molecule has 0 saturated heterocycles. The molecular weight excluding hydrogens is 499 g/mol. The Morgan fingerprint density at radius 2 is 1.84 bits per heavy atom. The molecule has 1 aromatic heterocycles. The second-order valence-corrected chi connectivity index (χ2v) is 5.98. The van der Waals surface area contributed by atoms with E-state index >= 15 is 0 Å². The molecule has 1 aromatic carbocycles. The van der Waals surface area contributed by atoms with E-state index in [1.165, 1.54) is 0 Å². The number of hydrogen-bond donors (Lipinski definition) is 3. The molecule has 2 aromatic rings. The third-order valence-electron chi connectivity index (χ3n) is 3.39. The maximum absolute atomic E-state index is 12.0. The highest BCUT2D eigenvalue weighted by Crippen LogP contribution is 2.10. The van der Waals surface area contributed by atoms with Crippen molar-refractivity contribution in [1.82, 2.24) is 25.7 Å². The highest BCUT2D eigenvalue weighted by Gasteiger charge is 2.05. The summed E-state index contributed by atoms with van der Waals surface area (Å²) in [6, 6.07) is 9.19. The molecule has 2 rings (SSSR count). The predicted molar refractivity (Wildman–Crippen MR) is 113 cm³/mol. The zero-order valence-corrected chi connectivity index (χ0v) is 18.0. The molecule has 0 aliphatic carbocycles. The molecule has 9 heteroatoms. The molecule has 0 bridgehead atoms. The number of rotatable bonds is 6. The van der Waals surface area contributed by atoms with Gasteiger partial charge < -0.3 is 16.0 Å². The minimum atomic E-state index is -0.0952. The minimum Gasteiger partial charge on any atom is -0.355 e. The van der Waals surface area contributed by atoms with E-state index < -0.39 is 0 Å². The van der Waals surface area contributed by atoms with Gasteiger partial charge in [-0.05, 0) is 30.3 Å². The van der Waals surface area contributed by atoms with Crippen molar-refractivity contribution in [1.29, 1.82) is 0 Å². The number of aliphatic imine (C=N–C) groups is 1. The summed E-state index contributed by atoms with van der Waals surface area (Å²) in [5, 5.41) is 13.3. The third kappa shape index (κ3) is 7.02. The third-order valence-corrected chi connectivity index (χ3v) is 3.92. The van der Waals surface area contributed by atoms with Crippen LogP contribution >= 0.6 is 39.9 Å². The fraction of sp³-hybridized carbons (Fsp3) is 0.312. The molecule has 0 fully saturated rings. The van der Waals surface area contributed by atoms with Gasteiger partial charge in [-0.1, -0.05) is 15.9 Å². The Kier molecular flexibility index (Phi) is 9.50. The van der Waals surface area contributed by atoms with E-state index in [1.54, 1.807) is 30.1 Å². The van der Waals surface area contributed by atoms with E-state index in [2.05, 4.69) is 42.0 Å². The number of amides is 1. The van der Waals surface area contributed by atoms with Crippen LogP contribution in [0.4, 0.5) is 0 Å². The van der Waals surface area contributed by atoms with Gasteiger partial charge in [-0.2, -0.15) is 5.10 Å². The largest absolute Gasteiger partial charge is 0.355 e. The van der Waals surface area contributed by atoms with Crippen LogP contribution in [-0.4, -0.2) is 41.8 Å². The minimum absolute atomic E-state index is 0. The summed E-state index contributed by atoms with van der Waals surface area (Å²) in [4.78, 5) is 16.1. The number of aromatic nitrogens is 2. The van der Waals surface area contributed by atoms with Gasteiger partial charge in [-0.15, -0.1) is 24.0 Å². The number of nitrogens with one attached hydrogen (secondary N) is 3. The second kappa shape index (κ2) is 11.1. The van der Waals surface area contributed by atoms with E-state index in [4.69, 9.17) is 0 Å². The van der Waals surface area contributed by atoms with Crippen molar-refractivity contribution in [3.8, 4) is 0 Å². The van der Waals surface area contributed by atoms with Gasteiger partial charge in [0.2, 0.25) is 0 Å². The number of nitrogens with zero attached hydrogens (tertiary/aromatic N) is 3. The fourth-order valence-electron chi connectivity index (χ4n) is 2.03. The normalized spacial score (nSPS) is 10.8. The molecule has 0 atom stereocenters. The van der Waals surface area contributed by atoms with Crippen LogP contribution < -0.4 is 16.0 Å². The van der Waals surface area contributed by atoms with Gasteiger partial charge in [0.15, 0.2) is 5.96 Å². The lowest BCUT2D eigenvalue weighted by Gasteiger charge is -2.12. The standard InChI is InChI=1S/C16H21BrN6O.HI/c1-18-16(21-11-14-7-8-22-23(14)2)20-10-9-19-15(24)12-3-5-13(17)6-4-12;/h3-8H,9-11H2,1-2H3,(H,19,24)(H2,18,20,21);1H. The van der Waals surface area contributed by atoms with Crippen LogP contribution in [-0.2, 0) is 13.6 Å². The molecule has 0 aliphatic rings. The first-order valence-electron chi connectivity index (χ1n) is 7.55. The monoisotopic (exact) mass is 520 g/mol. The molecule has 7 nitrogen and oxygen atoms in total. The summed E-state index contributed by atoms with van der Waals surface area (Å²) in [6.07, 6.45) is 1.75. The quantitative estimate of drug-likeness (QED) is 0.235. The zero-order valence-electron chi connectivity index (χ0n) is 14.1. The Morgan fingerprint density at radius 1 is 1.16 bits per heavy atom. The van der Waals surface area contributed by atoms with E-state index in [1.807, 2.05) is 25.2 Å². The van der Waals surface area contributed by atoms with Crippen LogP contribution in [0.2, 0.25) is 0 Å². The molecule has 1 heterocycles. The summed E-state index contributed by atoms with van der Waals surface area (Å²) in [6.45, 7) is 1.70. The van der Waals surface area contributed by atoms with Crippen molar-refractivity contribution >= 4 is 51.8 Å². The van der Waals surface area contributed by atoms with E-state index in [0.29, 0.717) is 31.2 Å². The molecule has 1 amide bonds. The number of guanidine groups is 1. The van der Waals surface area contributed by atoms with Crippen molar-refractivity contribution < 1.29 is 4.79 Å². The number of hydrogen-bond acceptors (Lipinski definition) is 3. The van der Waals surface area contributed by atoms with Crippen molar-refractivity contribution in [2.75, 3.05) is 20.1 Å². The van der Waals surface area contributed by atoms with Gasteiger partial charge in [0.05, 0.1) is 12.2 Å². The number of carbonyl (C=O) groups is 1. The van der Waals surface area contributed by atoms with Gasteiger partial charge in [-0.3, -0.25) is 14.5 Å². The second-order valence-electron chi connectivity index (χ2n) is 5.06. The lowest BCUT2D eigenvalue weighted by atomic mass is 10.2. The van der Waals surface area contributed by atoms with Crippen LogP contribution in [0.5, 0.6) is 0 Å². The highest BCUT2D eigenvalue weighted by atomic mass is 127. The van der Waals surface area contributed by atoms with Crippen LogP contribution in [0.1, 0.15) is 16.1 Å². The molecule has 0 radical (unpaired) electrons. The predicted octanol–water partition coefficient (Wildman–Crippen LogP) is 1.90. The first-order chi connectivity index (χ1) is 11.6. The molecule has 25 heavy (non-hydrogen) atoms. The van der Waals surface area contributed by atoms with Gasteiger partial charge in [-0.25, -0.2) is 0 Å². The zero-order chi connectivity index (χ0) is 17.4. The van der Waals surface area contributed by atoms with Crippen molar-refractivity contribution in [2.45, 2.75) is 6.54 Å². The molecule has 0 spiro atoms. The number of halogens is 2. The average molecular weight is 521 g/mol. The highest BCUT2D eigenvalue weighted by molar-refractivity contribution is 14.0. The molecular formula is C16H22BrIN6O. The molecule has 136 valence electrons. The number of aryl methyl sites for hydroxylation is 1. The molecule has 0 aliphatic heterocycles. The summed E-state index contributed by atoms with van der Waals surface area (Å²) in [5.41, 5.74) is 1.69. The van der Waals surface area contributed by atoms with Crippen LogP contribution in [0, 0.1) is 0 Å². The summed E-state index contributed by atoms with van der Waals surface area (Å²) in [7, 11) is 3.60. The van der Waals surface area contributed by atoms with E-state index in [-0.39, 0.29) is 29.9 Å². The van der Waals surface area contributed by atoms with E-state index in [9.17, 15) is 4.79 Å². The van der Waals surface area contributed by atoms with Gasteiger partial charge >= 0.3 is 0 Å². The SMILES string of the molecule is CN=C(NCCNC(=O)c1ccc(Br)cc1)NCc1ccnn1C.I. The Bertz CT molecular complexity index is 701. The molecule has 0 unspecified atom stereocenters. The Hall–Kier alpha value is -1.62.